The molecule has 2 aromatic heterocycles. The van der Waals surface area contributed by atoms with Gasteiger partial charge in [-0.3, -0.25) is 9.48 Å². The van der Waals surface area contributed by atoms with Crippen LogP contribution >= 0.6 is 0 Å². The van der Waals surface area contributed by atoms with Crippen LogP contribution in [0.2, 0.25) is 0 Å². The van der Waals surface area contributed by atoms with Gasteiger partial charge >= 0.3 is 0 Å². The molecule has 0 aliphatic heterocycles. The second kappa shape index (κ2) is 9.67. The molecular weight excluding hydrogens is 410 g/mol. The molecule has 1 aromatic carbocycles. The first-order valence-corrected chi connectivity index (χ1v) is 10.6. The number of nitrogens with one attached hydrogen (secondary N) is 1. The van der Waals surface area contributed by atoms with E-state index in [-0.39, 0.29) is 18.1 Å². The largest absolute Gasteiger partial charge is 0.497 e. The highest BCUT2D eigenvalue weighted by Crippen LogP contribution is 2.28. The van der Waals surface area contributed by atoms with Crippen LogP contribution in [0.25, 0.3) is 11.3 Å². The van der Waals surface area contributed by atoms with Gasteiger partial charge in [0.2, 0.25) is 0 Å². The van der Waals surface area contributed by atoms with Crippen molar-refractivity contribution in [1.82, 2.24) is 25.1 Å². The van der Waals surface area contributed by atoms with E-state index in [2.05, 4.69) is 20.4 Å². The fourth-order valence-corrected chi connectivity index (χ4v) is 3.88. The fourth-order valence-electron chi connectivity index (χ4n) is 3.88. The van der Waals surface area contributed by atoms with Gasteiger partial charge in [0.25, 0.3) is 17.7 Å². The third-order valence-electron chi connectivity index (χ3n) is 5.59. The average Bonchev–Trinajstić information content (AvgIpc) is 3.22. The molecule has 0 bridgehead atoms. The second-order valence-corrected chi connectivity index (χ2v) is 7.71. The lowest BCUT2D eigenvalue weighted by Crippen LogP contribution is -2.40. The Labute approximate surface area is 186 Å². The lowest BCUT2D eigenvalue weighted by atomic mass is 9.93. The molecular formula is C23H27N5O4. The van der Waals surface area contributed by atoms with Gasteiger partial charge in [-0.15, -0.1) is 0 Å². The van der Waals surface area contributed by atoms with Gasteiger partial charge in [-0.05, 0) is 43.9 Å². The summed E-state index contributed by atoms with van der Waals surface area (Å²) in [6, 6.07) is 9.51. The Bertz CT molecular complexity index is 1080. The third-order valence-corrected chi connectivity index (χ3v) is 5.59. The average molecular weight is 438 g/mol. The summed E-state index contributed by atoms with van der Waals surface area (Å²) in [6.45, 7) is 0. The first-order chi connectivity index (χ1) is 15.6. The zero-order valence-electron chi connectivity index (χ0n) is 18.4. The Hall–Kier alpha value is -3.62. The monoisotopic (exact) mass is 437 g/mol. The summed E-state index contributed by atoms with van der Waals surface area (Å²) in [5, 5.41) is 7.64. The highest BCUT2D eigenvalue weighted by atomic mass is 16.5. The van der Waals surface area contributed by atoms with Gasteiger partial charge in [0.1, 0.15) is 17.5 Å². The molecule has 3 aromatic rings. The summed E-state index contributed by atoms with van der Waals surface area (Å²) in [7, 11) is 4.94. The number of amides is 1. The van der Waals surface area contributed by atoms with E-state index >= 15 is 0 Å². The van der Waals surface area contributed by atoms with E-state index in [4.69, 9.17) is 14.2 Å². The van der Waals surface area contributed by atoms with Crippen molar-refractivity contribution in [3.63, 3.8) is 0 Å². The number of nitrogens with zero attached hydrogens (tertiary/aromatic N) is 4. The van der Waals surface area contributed by atoms with Gasteiger partial charge in [0.15, 0.2) is 0 Å². The van der Waals surface area contributed by atoms with Crippen molar-refractivity contribution in [1.29, 1.82) is 0 Å². The number of methoxy groups -OCH3 is 2. The highest BCUT2D eigenvalue weighted by molar-refractivity contribution is 5.93. The summed E-state index contributed by atoms with van der Waals surface area (Å²) in [4.78, 5) is 21.2. The highest BCUT2D eigenvalue weighted by Gasteiger charge is 2.26. The molecule has 4 rings (SSSR count). The van der Waals surface area contributed by atoms with Crippen molar-refractivity contribution < 1.29 is 19.0 Å². The normalized spacial score (nSPS) is 18.1. The molecule has 9 heteroatoms. The van der Waals surface area contributed by atoms with E-state index in [0.717, 1.165) is 42.7 Å². The Kier molecular flexibility index (Phi) is 6.53. The van der Waals surface area contributed by atoms with Crippen LogP contribution in [0.1, 0.15) is 36.2 Å². The SMILES string of the molecule is COc1cccc(-c2cc(C(=O)NC3CCC(Oc4nccnc4OC)CC3)n(C)n2)c1. The maximum atomic E-state index is 12.9. The zero-order chi connectivity index (χ0) is 22.5. The minimum Gasteiger partial charge on any atom is -0.497 e. The molecule has 32 heavy (non-hydrogen) atoms. The van der Waals surface area contributed by atoms with E-state index in [1.165, 1.54) is 0 Å². The Morgan fingerprint density at radius 3 is 2.50 bits per heavy atom. The number of rotatable bonds is 7. The van der Waals surface area contributed by atoms with Crippen molar-refractivity contribution in [2.45, 2.75) is 37.8 Å². The smallest absolute Gasteiger partial charge is 0.278 e. The minimum atomic E-state index is -0.130. The van der Waals surface area contributed by atoms with Crippen LogP contribution in [0.15, 0.2) is 42.7 Å². The lowest BCUT2D eigenvalue weighted by Gasteiger charge is -2.29. The number of carbonyl (C=O) groups excluding carboxylic acids is 1. The van der Waals surface area contributed by atoms with Gasteiger partial charge in [0.05, 0.1) is 19.9 Å². The van der Waals surface area contributed by atoms with E-state index in [9.17, 15) is 4.79 Å². The summed E-state index contributed by atoms with van der Waals surface area (Å²) in [6.07, 6.45) is 6.42. The van der Waals surface area contributed by atoms with Crippen LogP contribution in [-0.4, -0.2) is 52.0 Å². The van der Waals surface area contributed by atoms with Gasteiger partial charge in [-0.25, -0.2) is 9.97 Å². The molecule has 1 aliphatic carbocycles. The summed E-state index contributed by atoms with van der Waals surface area (Å²) >= 11 is 0. The molecule has 1 N–H and O–H groups in total. The molecule has 0 radical (unpaired) electrons. The molecule has 2 heterocycles. The van der Waals surface area contributed by atoms with Crippen LogP contribution in [-0.2, 0) is 7.05 Å². The molecule has 1 amide bonds. The predicted molar refractivity (Wildman–Crippen MR) is 118 cm³/mol. The molecule has 168 valence electrons. The van der Waals surface area contributed by atoms with Gasteiger partial charge < -0.3 is 19.5 Å². The van der Waals surface area contributed by atoms with Crippen molar-refractivity contribution in [3.05, 3.63) is 48.4 Å². The van der Waals surface area contributed by atoms with Crippen LogP contribution in [0.4, 0.5) is 0 Å². The number of benzene rings is 1. The van der Waals surface area contributed by atoms with Crippen LogP contribution in [0.3, 0.4) is 0 Å². The third kappa shape index (κ3) is 4.82. The first kappa shape index (κ1) is 21.6. The molecule has 1 saturated carbocycles. The van der Waals surface area contributed by atoms with E-state index in [0.29, 0.717) is 17.5 Å². The van der Waals surface area contributed by atoms with Crippen molar-refractivity contribution in [2.75, 3.05) is 14.2 Å². The van der Waals surface area contributed by atoms with E-state index < -0.39 is 0 Å². The lowest BCUT2D eigenvalue weighted by molar-refractivity contribution is 0.0877. The number of aryl methyl sites for hydroxylation is 1. The summed E-state index contributed by atoms with van der Waals surface area (Å²) in [5.74, 6) is 1.40. The standard InChI is InChI=1S/C23H27N5O4/c1-28-20(14-19(27-28)15-5-4-6-18(13-15)30-2)21(29)26-16-7-9-17(10-8-16)32-23-22(31-3)24-11-12-25-23/h4-6,11-14,16-17H,7-10H2,1-3H3,(H,26,29). The Balaban J connectivity index is 1.35. The van der Waals surface area contributed by atoms with Crippen molar-refractivity contribution in [2.24, 2.45) is 7.05 Å². The predicted octanol–water partition coefficient (Wildman–Crippen LogP) is 3.01. The Morgan fingerprint density at radius 2 is 1.78 bits per heavy atom. The second-order valence-electron chi connectivity index (χ2n) is 7.71. The van der Waals surface area contributed by atoms with Crippen LogP contribution < -0.4 is 19.5 Å². The maximum absolute atomic E-state index is 12.9. The van der Waals surface area contributed by atoms with E-state index in [1.54, 1.807) is 44.4 Å². The molecule has 1 fully saturated rings. The number of carbonyl (C=O) groups is 1. The summed E-state index contributed by atoms with van der Waals surface area (Å²) in [5.41, 5.74) is 2.15. The van der Waals surface area contributed by atoms with Gasteiger partial charge in [0, 0.05) is 31.0 Å². The summed E-state index contributed by atoms with van der Waals surface area (Å²) < 4.78 is 18.1. The molecule has 1 aliphatic rings. The first-order valence-electron chi connectivity index (χ1n) is 10.6. The number of hydrogen-bond donors (Lipinski definition) is 1. The molecule has 0 spiro atoms. The topological polar surface area (TPSA) is 100 Å². The molecule has 0 atom stereocenters. The van der Waals surface area contributed by atoms with E-state index in [1.807, 2.05) is 24.3 Å². The van der Waals surface area contributed by atoms with Crippen molar-refractivity contribution >= 4 is 5.91 Å². The van der Waals surface area contributed by atoms with Crippen molar-refractivity contribution in [3.8, 4) is 28.8 Å². The number of ether oxygens (including phenoxy) is 3. The minimum absolute atomic E-state index is 0.0186. The van der Waals surface area contributed by atoms with Crippen LogP contribution in [0.5, 0.6) is 17.5 Å². The molecule has 0 saturated heterocycles. The quantitative estimate of drug-likeness (QED) is 0.606. The molecule has 9 nitrogen and oxygen atoms in total. The fraction of sp³-hybridized carbons (Fsp3) is 0.391. The van der Waals surface area contributed by atoms with Crippen LogP contribution in [0, 0.1) is 0 Å². The molecule has 0 unspecified atom stereocenters. The maximum Gasteiger partial charge on any atom is 0.278 e. The number of aromatic nitrogens is 4. The van der Waals surface area contributed by atoms with Gasteiger partial charge in [-0.2, -0.15) is 5.10 Å². The van der Waals surface area contributed by atoms with Gasteiger partial charge in [-0.1, -0.05) is 12.1 Å². The zero-order valence-corrected chi connectivity index (χ0v) is 18.4. The number of hydrogen-bond acceptors (Lipinski definition) is 7. The Morgan fingerprint density at radius 1 is 1.03 bits per heavy atom.